The minimum atomic E-state index is -1.18. The highest BCUT2D eigenvalue weighted by molar-refractivity contribution is 5.99. The molecule has 1 aliphatic rings. The molecule has 2 rings (SSSR count). The summed E-state index contributed by atoms with van der Waals surface area (Å²) in [7, 11) is 3.15. The number of ketones is 1. The number of methoxy groups -OCH3 is 2. The van der Waals surface area contributed by atoms with Gasteiger partial charge in [0.1, 0.15) is 5.60 Å². The third-order valence-corrected chi connectivity index (χ3v) is 3.97. The molecule has 1 aromatic rings. The lowest BCUT2D eigenvalue weighted by Crippen LogP contribution is -2.39. The Bertz CT molecular complexity index is 528. The van der Waals surface area contributed by atoms with Crippen LogP contribution in [0.5, 0.6) is 11.5 Å². The van der Waals surface area contributed by atoms with Crippen molar-refractivity contribution < 1.29 is 19.4 Å². The van der Waals surface area contributed by atoms with Crippen LogP contribution in [0.4, 0.5) is 0 Å². The first-order chi connectivity index (χ1) is 10.1. The van der Waals surface area contributed by atoms with E-state index < -0.39 is 5.60 Å². The number of rotatable bonds is 5. The number of carbonyl (C=O) groups is 1. The molecule has 4 heteroatoms. The van der Waals surface area contributed by atoms with Gasteiger partial charge in [-0.3, -0.25) is 4.79 Å². The van der Waals surface area contributed by atoms with Crippen LogP contribution in [0, 0.1) is 0 Å². The lowest BCUT2D eigenvalue weighted by molar-refractivity contribution is -0.135. The van der Waals surface area contributed by atoms with Crippen LogP contribution in [0.15, 0.2) is 24.3 Å². The Morgan fingerprint density at radius 1 is 1.14 bits per heavy atom. The Labute approximate surface area is 125 Å². The van der Waals surface area contributed by atoms with Gasteiger partial charge in [0, 0.05) is 0 Å². The van der Waals surface area contributed by atoms with Crippen LogP contribution in [-0.4, -0.2) is 30.7 Å². The Morgan fingerprint density at radius 2 is 1.81 bits per heavy atom. The number of hydrogen-bond acceptors (Lipinski definition) is 4. The van der Waals surface area contributed by atoms with E-state index in [2.05, 4.69) is 0 Å². The third-order valence-electron chi connectivity index (χ3n) is 3.97. The molecule has 1 N–H and O–H groups in total. The molecule has 1 saturated carbocycles. The van der Waals surface area contributed by atoms with Crippen LogP contribution >= 0.6 is 0 Å². The largest absolute Gasteiger partial charge is 0.493 e. The molecule has 0 bridgehead atoms. The predicted octanol–water partition coefficient (Wildman–Crippen LogP) is 2.98. The van der Waals surface area contributed by atoms with E-state index in [1.54, 1.807) is 32.4 Å². The summed E-state index contributed by atoms with van der Waals surface area (Å²) in [5.74, 6) is 1.05. The maximum Gasteiger partial charge on any atom is 0.187 e. The average Bonchev–Trinajstić information content (AvgIpc) is 2.52. The van der Waals surface area contributed by atoms with E-state index in [1.165, 1.54) is 6.08 Å². The summed E-state index contributed by atoms with van der Waals surface area (Å²) in [5.41, 5.74) is -0.342. The number of benzene rings is 1. The first kappa shape index (κ1) is 15.6. The minimum absolute atomic E-state index is 0.211. The van der Waals surface area contributed by atoms with Gasteiger partial charge in [0.2, 0.25) is 0 Å². The first-order valence-corrected chi connectivity index (χ1v) is 7.26. The molecule has 0 amide bonds. The fourth-order valence-corrected chi connectivity index (χ4v) is 2.67. The van der Waals surface area contributed by atoms with Gasteiger partial charge in [-0.15, -0.1) is 0 Å². The van der Waals surface area contributed by atoms with Crippen molar-refractivity contribution in [2.45, 2.75) is 37.7 Å². The van der Waals surface area contributed by atoms with E-state index in [4.69, 9.17) is 9.47 Å². The van der Waals surface area contributed by atoms with E-state index in [-0.39, 0.29) is 5.78 Å². The zero-order valence-electron chi connectivity index (χ0n) is 12.6. The van der Waals surface area contributed by atoms with Crippen molar-refractivity contribution in [1.29, 1.82) is 0 Å². The molecule has 0 aliphatic heterocycles. The molecule has 0 heterocycles. The molecule has 1 aliphatic carbocycles. The van der Waals surface area contributed by atoms with Crippen LogP contribution in [0.3, 0.4) is 0 Å². The topological polar surface area (TPSA) is 55.8 Å². The summed E-state index contributed by atoms with van der Waals surface area (Å²) in [6, 6.07) is 5.43. The summed E-state index contributed by atoms with van der Waals surface area (Å²) in [6.45, 7) is 0. The first-order valence-electron chi connectivity index (χ1n) is 7.26. The van der Waals surface area contributed by atoms with Crippen LogP contribution in [0.25, 0.3) is 6.08 Å². The third kappa shape index (κ3) is 3.64. The number of ether oxygens (including phenoxy) is 2. The molecule has 0 aromatic heterocycles. The van der Waals surface area contributed by atoms with E-state index in [9.17, 15) is 9.90 Å². The van der Waals surface area contributed by atoms with Gasteiger partial charge in [-0.05, 0) is 36.6 Å². The molecular weight excluding hydrogens is 268 g/mol. The van der Waals surface area contributed by atoms with Gasteiger partial charge in [0.05, 0.1) is 14.2 Å². The van der Waals surface area contributed by atoms with Crippen molar-refractivity contribution in [3.05, 3.63) is 29.8 Å². The Balaban J connectivity index is 2.11. The second-order valence-corrected chi connectivity index (χ2v) is 5.40. The van der Waals surface area contributed by atoms with Crippen molar-refractivity contribution in [2.24, 2.45) is 0 Å². The van der Waals surface area contributed by atoms with Gasteiger partial charge in [0.25, 0.3) is 0 Å². The van der Waals surface area contributed by atoms with Crippen LogP contribution in [0.2, 0.25) is 0 Å². The second-order valence-electron chi connectivity index (χ2n) is 5.40. The summed E-state index contributed by atoms with van der Waals surface area (Å²) in [5, 5.41) is 10.4. The Morgan fingerprint density at radius 3 is 2.43 bits per heavy atom. The molecule has 4 nitrogen and oxygen atoms in total. The van der Waals surface area contributed by atoms with Crippen molar-refractivity contribution >= 4 is 11.9 Å². The number of hydrogen-bond donors (Lipinski definition) is 1. The molecule has 0 spiro atoms. The van der Waals surface area contributed by atoms with Crippen molar-refractivity contribution in [3.8, 4) is 11.5 Å². The van der Waals surface area contributed by atoms with E-state index >= 15 is 0 Å². The number of aliphatic hydroxyl groups is 1. The minimum Gasteiger partial charge on any atom is -0.493 e. The maximum atomic E-state index is 12.2. The molecule has 114 valence electrons. The van der Waals surface area contributed by atoms with E-state index in [1.807, 2.05) is 6.07 Å². The van der Waals surface area contributed by atoms with Crippen LogP contribution in [-0.2, 0) is 4.79 Å². The SMILES string of the molecule is COc1ccc(/C=C/C(=O)C2(O)CCCCC2)cc1OC. The predicted molar refractivity (Wildman–Crippen MR) is 81.6 cm³/mol. The Kier molecular flexibility index (Phi) is 5.02. The normalized spacial score (nSPS) is 17.7. The molecule has 1 aromatic carbocycles. The summed E-state index contributed by atoms with van der Waals surface area (Å²) in [6.07, 6.45) is 7.20. The van der Waals surface area contributed by atoms with Gasteiger partial charge in [0.15, 0.2) is 17.3 Å². The summed E-state index contributed by atoms with van der Waals surface area (Å²) in [4.78, 5) is 12.2. The molecule has 0 atom stereocenters. The van der Waals surface area contributed by atoms with Crippen LogP contribution in [0.1, 0.15) is 37.7 Å². The highest BCUT2D eigenvalue weighted by Crippen LogP contribution is 2.30. The fraction of sp³-hybridized carbons (Fsp3) is 0.471. The standard InChI is InChI=1S/C17H22O4/c1-20-14-8-6-13(12-15(14)21-2)7-9-16(18)17(19)10-4-3-5-11-17/h6-9,12,19H,3-5,10-11H2,1-2H3/b9-7+. The van der Waals surface area contributed by atoms with Gasteiger partial charge in [-0.25, -0.2) is 0 Å². The summed E-state index contributed by atoms with van der Waals surface area (Å²) >= 11 is 0. The van der Waals surface area contributed by atoms with Gasteiger partial charge in [-0.2, -0.15) is 0 Å². The summed E-state index contributed by atoms with van der Waals surface area (Å²) < 4.78 is 10.4. The van der Waals surface area contributed by atoms with Crippen molar-refractivity contribution in [1.82, 2.24) is 0 Å². The smallest absolute Gasteiger partial charge is 0.187 e. The average molecular weight is 290 g/mol. The highest BCUT2D eigenvalue weighted by atomic mass is 16.5. The monoisotopic (exact) mass is 290 g/mol. The van der Waals surface area contributed by atoms with Crippen LogP contribution < -0.4 is 9.47 Å². The maximum absolute atomic E-state index is 12.2. The molecule has 21 heavy (non-hydrogen) atoms. The van der Waals surface area contributed by atoms with Crippen molar-refractivity contribution in [3.63, 3.8) is 0 Å². The van der Waals surface area contributed by atoms with Gasteiger partial charge < -0.3 is 14.6 Å². The van der Waals surface area contributed by atoms with Gasteiger partial charge >= 0.3 is 0 Å². The molecule has 0 saturated heterocycles. The van der Waals surface area contributed by atoms with Crippen molar-refractivity contribution in [2.75, 3.05) is 14.2 Å². The zero-order valence-corrected chi connectivity index (χ0v) is 12.6. The quantitative estimate of drug-likeness (QED) is 0.847. The molecule has 0 unspecified atom stereocenters. The highest BCUT2D eigenvalue weighted by Gasteiger charge is 2.35. The molecular formula is C17H22O4. The molecule has 1 fully saturated rings. The molecule has 0 radical (unpaired) electrons. The lowest BCUT2D eigenvalue weighted by Gasteiger charge is -2.29. The lowest BCUT2D eigenvalue weighted by atomic mass is 9.81. The van der Waals surface area contributed by atoms with E-state index in [0.29, 0.717) is 24.3 Å². The van der Waals surface area contributed by atoms with Gasteiger partial charge in [-0.1, -0.05) is 31.4 Å². The number of carbonyl (C=O) groups excluding carboxylic acids is 1. The zero-order chi connectivity index (χ0) is 15.3. The fourth-order valence-electron chi connectivity index (χ4n) is 2.67. The second kappa shape index (κ2) is 6.76. The van der Waals surface area contributed by atoms with E-state index in [0.717, 1.165) is 24.8 Å². The Hall–Kier alpha value is -1.81.